The van der Waals surface area contributed by atoms with Crippen molar-refractivity contribution in [3.63, 3.8) is 0 Å². The molecule has 0 aliphatic carbocycles. The van der Waals surface area contributed by atoms with E-state index in [4.69, 9.17) is 0 Å². The Morgan fingerprint density at radius 1 is 1.22 bits per heavy atom. The summed E-state index contributed by atoms with van der Waals surface area (Å²) in [7, 11) is -4.37. The Morgan fingerprint density at radius 3 is 2.49 bits per heavy atom. The van der Waals surface area contributed by atoms with Gasteiger partial charge < -0.3 is 10.4 Å². The number of pyridine rings is 1. The van der Waals surface area contributed by atoms with E-state index in [1.54, 1.807) is 0 Å². The number of aromatic nitrogens is 3. The highest BCUT2D eigenvalue weighted by Gasteiger charge is 2.53. The van der Waals surface area contributed by atoms with Crippen molar-refractivity contribution in [2.24, 2.45) is 0 Å². The SMILES string of the molecule is C[C@@]1(C(=O)NCc2cn(-c3ccc(C(F)(F)F)nc3)nc2O)C[C@@H](F)CN1S(=O)(=O)c1ccc(F)cc1. The van der Waals surface area contributed by atoms with Gasteiger partial charge in [-0.2, -0.15) is 17.5 Å². The van der Waals surface area contributed by atoms with Crippen molar-refractivity contribution in [2.45, 2.75) is 42.7 Å². The van der Waals surface area contributed by atoms with E-state index in [0.29, 0.717) is 4.31 Å². The predicted molar refractivity (Wildman–Crippen MR) is 118 cm³/mol. The Kier molecular flexibility index (Phi) is 6.71. The second-order valence-electron chi connectivity index (χ2n) is 8.57. The van der Waals surface area contributed by atoms with Crippen LogP contribution >= 0.6 is 0 Å². The summed E-state index contributed by atoms with van der Waals surface area (Å²) in [5.41, 5.74) is -2.80. The van der Waals surface area contributed by atoms with Gasteiger partial charge in [0.05, 0.1) is 22.3 Å². The Bertz CT molecular complexity index is 1410. The molecule has 1 aliphatic heterocycles. The molecule has 198 valence electrons. The lowest BCUT2D eigenvalue weighted by Gasteiger charge is -2.32. The van der Waals surface area contributed by atoms with Crippen LogP contribution in [-0.4, -0.2) is 56.8 Å². The number of benzene rings is 1. The molecular weight excluding hydrogens is 525 g/mol. The van der Waals surface area contributed by atoms with Gasteiger partial charge in [-0.3, -0.25) is 4.79 Å². The van der Waals surface area contributed by atoms with Crippen LogP contribution in [0.3, 0.4) is 0 Å². The Morgan fingerprint density at radius 2 is 1.89 bits per heavy atom. The number of nitrogens with zero attached hydrogens (tertiary/aromatic N) is 4. The van der Waals surface area contributed by atoms with Gasteiger partial charge in [0.15, 0.2) is 0 Å². The molecular formula is C22H20F5N5O4S. The summed E-state index contributed by atoms with van der Waals surface area (Å²) in [6.07, 6.45) is -4.58. The largest absolute Gasteiger partial charge is 0.492 e. The molecule has 15 heteroatoms. The quantitative estimate of drug-likeness (QED) is 0.460. The molecule has 37 heavy (non-hydrogen) atoms. The number of aromatic hydroxyl groups is 1. The third kappa shape index (κ3) is 5.13. The van der Waals surface area contributed by atoms with Gasteiger partial charge in [-0.1, -0.05) is 0 Å². The van der Waals surface area contributed by atoms with Crippen molar-refractivity contribution < 1.29 is 40.3 Å². The summed E-state index contributed by atoms with van der Waals surface area (Å²) in [6.45, 7) is 0.309. The molecule has 3 aromatic rings. The van der Waals surface area contributed by atoms with Crippen LogP contribution in [0, 0.1) is 5.82 Å². The molecule has 0 saturated carbocycles. The molecule has 0 radical (unpaired) electrons. The van der Waals surface area contributed by atoms with Crippen molar-refractivity contribution in [3.05, 3.63) is 65.9 Å². The Labute approximate surface area is 207 Å². The van der Waals surface area contributed by atoms with Crippen LogP contribution in [0.5, 0.6) is 5.88 Å². The maximum atomic E-state index is 14.4. The summed E-state index contributed by atoms with van der Waals surface area (Å²) in [4.78, 5) is 16.1. The molecule has 1 aliphatic rings. The fraction of sp³-hybridized carbons (Fsp3) is 0.318. The first-order valence-corrected chi connectivity index (χ1v) is 12.2. The first-order valence-electron chi connectivity index (χ1n) is 10.7. The summed E-state index contributed by atoms with van der Waals surface area (Å²) < 4.78 is 93.8. The standard InChI is InChI=1S/C22H20F5N5O4S/c1-21(8-15(24)12-32(21)37(35,36)17-5-2-14(23)3-6-17)20(34)29-9-13-11-31(30-19(13)33)16-4-7-18(28-10-16)22(25,26)27/h2-7,10-11,15H,8-9,12H2,1H3,(H,29,34)(H,30,33)/t15-,21+/m1/s1. The lowest BCUT2D eigenvalue weighted by molar-refractivity contribution is -0.141. The van der Waals surface area contributed by atoms with E-state index in [-0.39, 0.29) is 22.7 Å². The van der Waals surface area contributed by atoms with Crippen LogP contribution in [-0.2, 0) is 27.5 Å². The first kappa shape index (κ1) is 26.5. The van der Waals surface area contributed by atoms with Crippen LogP contribution in [0.1, 0.15) is 24.6 Å². The minimum absolute atomic E-state index is 0.0552. The van der Waals surface area contributed by atoms with Crippen molar-refractivity contribution in [1.29, 1.82) is 0 Å². The Hall–Kier alpha value is -3.59. The predicted octanol–water partition coefficient (Wildman–Crippen LogP) is 2.94. The van der Waals surface area contributed by atoms with E-state index in [2.05, 4.69) is 15.4 Å². The molecule has 2 N–H and O–H groups in total. The topological polar surface area (TPSA) is 117 Å². The highest BCUT2D eigenvalue weighted by atomic mass is 32.2. The van der Waals surface area contributed by atoms with E-state index in [9.17, 15) is 40.3 Å². The molecule has 3 heterocycles. The second-order valence-corrected chi connectivity index (χ2v) is 10.4. The van der Waals surface area contributed by atoms with Crippen molar-refractivity contribution in [3.8, 4) is 11.6 Å². The van der Waals surface area contributed by atoms with Gasteiger partial charge in [-0.25, -0.2) is 26.9 Å². The molecule has 9 nitrogen and oxygen atoms in total. The number of nitrogens with one attached hydrogen (secondary N) is 1. The van der Waals surface area contributed by atoms with Crippen LogP contribution in [0.2, 0.25) is 0 Å². The second kappa shape index (κ2) is 9.37. The van der Waals surface area contributed by atoms with Gasteiger partial charge in [-0.15, -0.1) is 5.10 Å². The van der Waals surface area contributed by atoms with Gasteiger partial charge in [-0.05, 0) is 43.3 Å². The van der Waals surface area contributed by atoms with Gasteiger partial charge in [0.25, 0.3) is 0 Å². The summed E-state index contributed by atoms with van der Waals surface area (Å²) >= 11 is 0. The van der Waals surface area contributed by atoms with Crippen LogP contribution in [0.4, 0.5) is 22.0 Å². The fourth-order valence-corrected chi connectivity index (χ4v) is 5.78. The number of carbonyl (C=O) groups excluding carboxylic acids is 1. The summed E-state index contributed by atoms with van der Waals surface area (Å²) in [6, 6.07) is 5.71. The number of halogens is 5. The van der Waals surface area contributed by atoms with Gasteiger partial charge >= 0.3 is 6.18 Å². The molecule has 0 unspecified atom stereocenters. The third-order valence-electron chi connectivity index (χ3n) is 5.93. The third-order valence-corrected chi connectivity index (χ3v) is 7.93. The van der Waals surface area contributed by atoms with Crippen LogP contribution in [0.15, 0.2) is 53.7 Å². The molecule has 2 aromatic heterocycles. The zero-order valence-corrected chi connectivity index (χ0v) is 19.9. The average molecular weight is 545 g/mol. The molecule has 1 fully saturated rings. The monoisotopic (exact) mass is 545 g/mol. The van der Waals surface area contributed by atoms with Crippen molar-refractivity contribution in [1.82, 2.24) is 24.4 Å². The highest BCUT2D eigenvalue weighted by molar-refractivity contribution is 7.89. The molecule has 0 bridgehead atoms. The minimum atomic E-state index is -4.63. The van der Waals surface area contributed by atoms with E-state index >= 15 is 0 Å². The number of alkyl halides is 4. The lowest BCUT2D eigenvalue weighted by Crippen LogP contribution is -2.55. The maximum absolute atomic E-state index is 14.4. The minimum Gasteiger partial charge on any atom is -0.492 e. The normalized spacial score (nSPS) is 20.8. The van der Waals surface area contributed by atoms with Crippen LogP contribution < -0.4 is 5.32 Å². The summed E-state index contributed by atoms with van der Waals surface area (Å²) in [5, 5.41) is 16.4. The average Bonchev–Trinajstić information content (AvgIpc) is 3.36. The number of sulfonamides is 1. The van der Waals surface area contributed by atoms with Gasteiger partial charge in [0, 0.05) is 25.7 Å². The number of amides is 1. The molecule has 1 aromatic carbocycles. The van der Waals surface area contributed by atoms with Crippen LogP contribution in [0.25, 0.3) is 5.69 Å². The van der Waals surface area contributed by atoms with Gasteiger partial charge in [0.2, 0.25) is 21.8 Å². The maximum Gasteiger partial charge on any atom is 0.433 e. The van der Waals surface area contributed by atoms with Crippen molar-refractivity contribution in [2.75, 3.05) is 6.54 Å². The number of hydrogen-bond acceptors (Lipinski definition) is 6. The van der Waals surface area contributed by atoms with E-state index < -0.39 is 64.2 Å². The fourth-order valence-electron chi connectivity index (χ4n) is 3.99. The highest BCUT2D eigenvalue weighted by Crippen LogP contribution is 2.36. The Balaban J connectivity index is 1.52. The number of carbonyl (C=O) groups is 1. The van der Waals surface area contributed by atoms with Crippen molar-refractivity contribution >= 4 is 15.9 Å². The van der Waals surface area contributed by atoms with Gasteiger partial charge in [0.1, 0.15) is 23.2 Å². The molecule has 2 atom stereocenters. The van der Waals surface area contributed by atoms with E-state index in [1.165, 1.54) is 13.1 Å². The number of hydrogen-bond donors (Lipinski definition) is 2. The lowest BCUT2D eigenvalue weighted by atomic mass is 9.98. The zero-order valence-electron chi connectivity index (χ0n) is 19.1. The molecule has 0 spiro atoms. The molecule has 1 saturated heterocycles. The first-order chi connectivity index (χ1) is 17.2. The smallest absolute Gasteiger partial charge is 0.433 e. The zero-order chi connectivity index (χ0) is 27.2. The number of rotatable bonds is 6. The van der Waals surface area contributed by atoms with E-state index in [0.717, 1.165) is 47.3 Å². The molecule has 1 amide bonds. The van der Waals surface area contributed by atoms with E-state index in [1.807, 2.05) is 0 Å². The summed E-state index contributed by atoms with van der Waals surface area (Å²) in [5.74, 6) is -2.07. The molecule has 4 rings (SSSR count).